The number of nitrogens with one attached hydrogen (secondary N) is 1. The zero-order chi connectivity index (χ0) is 19.2. The molecule has 0 unspecified atom stereocenters. The number of fused-ring (bicyclic) bond motifs is 1. The monoisotopic (exact) mass is 374 g/mol. The molecule has 3 amide bonds. The summed E-state index contributed by atoms with van der Waals surface area (Å²) >= 11 is 0. The van der Waals surface area contributed by atoms with Crippen LogP contribution in [0, 0.1) is 0 Å². The van der Waals surface area contributed by atoms with Crippen LogP contribution in [0.5, 0.6) is 0 Å². The lowest BCUT2D eigenvalue weighted by Gasteiger charge is -2.30. The molecule has 0 saturated carbocycles. The average Bonchev–Trinajstić information content (AvgIpc) is 2.92. The Bertz CT molecular complexity index is 666. The molecule has 1 fully saturated rings. The zero-order valence-electron chi connectivity index (χ0n) is 16.1. The van der Waals surface area contributed by atoms with E-state index < -0.39 is 6.10 Å². The minimum Gasteiger partial charge on any atom is -0.390 e. The van der Waals surface area contributed by atoms with Gasteiger partial charge in [0.15, 0.2) is 0 Å². The minimum absolute atomic E-state index is 0.0517. The van der Waals surface area contributed by atoms with E-state index in [-0.39, 0.29) is 18.5 Å². The lowest BCUT2D eigenvalue weighted by molar-refractivity contribution is -0.128. The van der Waals surface area contributed by atoms with Crippen LogP contribution in [0.2, 0.25) is 0 Å². The highest BCUT2D eigenvalue weighted by atomic mass is 16.3. The maximum absolute atomic E-state index is 12.4. The van der Waals surface area contributed by atoms with Crippen LogP contribution < -0.4 is 5.32 Å². The first-order valence-corrected chi connectivity index (χ1v) is 9.78. The predicted octanol–water partition coefficient (Wildman–Crippen LogP) is 0.669. The number of β-amino-alcohol motifs (C(OH)–C–C–N with tert-alkyl or cyclic N) is 1. The number of hydrogen-bond donors (Lipinski definition) is 2. The van der Waals surface area contributed by atoms with Crippen LogP contribution >= 0.6 is 0 Å². The summed E-state index contributed by atoms with van der Waals surface area (Å²) in [5, 5.41) is 13.2. The number of nitrogens with zero attached hydrogens (tertiary/aromatic N) is 3. The van der Waals surface area contributed by atoms with Gasteiger partial charge < -0.3 is 20.2 Å². The summed E-state index contributed by atoms with van der Waals surface area (Å²) in [5.41, 5.74) is 2.71. The standard InChI is InChI=1S/C20H30N4O3/c1-16(25)23-8-4-9-24(12-11-23)20(27)21-13-19(26)15-22-10-7-17-5-2-3-6-18(17)14-22/h2-3,5-6,19,26H,4,7-15H2,1H3,(H,21,27)/t19-/m0/s1. The second-order valence-electron chi connectivity index (χ2n) is 7.44. The van der Waals surface area contributed by atoms with Crippen LogP contribution in [0.1, 0.15) is 24.5 Å². The highest BCUT2D eigenvalue weighted by Gasteiger charge is 2.22. The smallest absolute Gasteiger partial charge is 0.317 e. The SMILES string of the molecule is CC(=O)N1CCCN(C(=O)NC[C@H](O)CN2CCc3ccccc3C2)CC1. The Morgan fingerprint density at radius 3 is 2.56 bits per heavy atom. The zero-order valence-corrected chi connectivity index (χ0v) is 16.1. The van der Waals surface area contributed by atoms with Crippen molar-refractivity contribution in [3.8, 4) is 0 Å². The predicted molar refractivity (Wildman–Crippen MR) is 103 cm³/mol. The number of aliphatic hydroxyl groups excluding tert-OH is 1. The molecule has 7 nitrogen and oxygen atoms in total. The van der Waals surface area contributed by atoms with Crippen molar-refractivity contribution in [2.45, 2.75) is 32.4 Å². The van der Waals surface area contributed by atoms with E-state index >= 15 is 0 Å². The molecule has 0 aromatic heterocycles. The molecule has 2 aliphatic rings. The number of aliphatic hydroxyl groups is 1. The van der Waals surface area contributed by atoms with E-state index in [9.17, 15) is 14.7 Å². The van der Waals surface area contributed by atoms with Crippen molar-refractivity contribution >= 4 is 11.9 Å². The molecule has 148 valence electrons. The summed E-state index contributed by atoms with van der Waals surface area (Å²) in [7, 11) is 0. The van der Waals surface area contributed by atoms with E-state index in [0.29, 0.717) is 32.7 Å². The van der Waals surface area contributed by atoms with Gasteiger partial charge in [0, 0.05) is 59.3 Å². The van der Waals surface area contributed by atoms with Gasteiger partial charge in [0.05, 0.1) is 6.10 Å². The van der Waals surface area contributed by atoms with Crippen molar-refractivity contribution < 1.29 is 14.7 Å². The van der Waals surface area contributed by atoms with Gasteiger partial charge in [-0.2, -0.15) is 0 Å². The molecule has 7 heteroatoms. The number of benzene rings is 1. The third kappa shape index (κ3) is 5.43. The van der Waals surface area contributed by atoms with Crippen LogP contribution in [0.25, 0.3) is 0 Å². The van der Waals surface area contributed by atoms with Gasteiger partial charge in [-0.1, -0.05) is 24.3 Å². The molecule has 3 rings (SSSR count). The topological polar surface area (TPSA) is 76.1 Å². The summed E-state index contributed by atoms with van der Waals surface area (Å²) in [5.74, 6) is 0.0517. The fourth-order valence-corrected chi connectivity index (χ4v) is 3.82. The van der Waals surface area contributed by atoms with Crippen LogP contribution in [0.3, 0.4) is 0 Å². The van der Waals surface area contributed by atoms with E-state index in [4.69, 9.17) is 0 Å². The van der Waals surface area contributed by atoms with Crippen molar-refractivity contribution in [1.82, 2.24) is 20.0 Å². The molecule has 2 heterocycles. The fourth-order valence-electron chi connectivity index (χ4n) is 3.82. The minimum atomic E-state index is -0.597. The van der Waals surface area contributed by atoms with Gasteiger partial charge in [0.1, 0.15) is 0 Å². The third-order valence-electron chi connectivity index (χ3n) is 5.40. The van der Waals surface area contributed by atoms with E-state index in [2.05, 4.69) is 28.4 Å². The van der Waals surface area contributed by atoms with Crippen LogP contribution in [0.15, 0.2) is 24.3 Å². The number of amides is 3. The number of urea groups is 1. The van der Waals surface area contributed by atoms with E-state index in [0.717, 1.165) is 25.9 Å². The van der Waals surface area contributed by atoms with Gasteiger partial charge in [-0.25, -0.2) is 4.79 Å². The van der Waals surface area contributed by atoms with Crippen molar-refractivity contribution in [2.24, 2.45) is 0 Å². The Balaban J connectivity index is 1.41. The summed E-state index contributed by atoms with van der Waals surface area (Å²) < 4.78 is 0. The van der Waals surface area contributed by atoms with Gasteiger partial charge in [-0.15, -0.1) is 0 Å². The van der Waals surface area contributed by atoms with E-state index in [1.54, 1.807) is 16.7 Å². The first-order valence-electron chi connectivity index (χ1n) is 9.78. The lowest BCUT2D eigenvalue weighted by Crippen LogP contribution is -2.47. The van der Waals surface area contributed by atoms with Gasteiger partial charge in [-0.3, -0.25) is 9.69 Å². The Kier molecular flexibility index (Phi) is 6.68. The summed E-state index contributed by atoms with van der Waals surface area (Å²) in [6, 6.07) is 8.25. The molecule has 27 heavy (non-hydrogen) atoms. The molecule has 0 bridgehead atoms. The van der Waals surface area contributed by atoms with Gasteiger partial charge in [0.2, 0.25) is 5.91 Å². The molecule has 2 aliphatic heterocycles. The Labute approximate surface area is 160 Å². The first kappa shape index (κ1) is 19.6. The van der Waals surface area contributed by atoms with Gasteiger partial charge >= 0.3 is 6.03 Å². The Morgan fingerprint density at radius 1 is 1.07 bits per heavy atom. The number of hydrogen-bond acceptors (Lipinski definition) is 4. The largest absolute Gasteiger partial charge is 0.390 e. The molecule has 0 aliphatic carbocycles. The fraction of sp³-hybridized carbons (Fsp3) is 0.600. The van der Waals surface area contributed by atoms with Crippen molar-refractivity contribution in [1.29, 1.82) is 0 Å². The highest BCUT2D eigenvalue weighted by Crippen LogP contribution is 2.18. The molecule has 0 spiro atoms. The molecular weight excluding hydrogens is 344 g/mol. The molecule has 1 aromatic carbocycles. The van der Waals surface area contributed by atoms with Crippen molar-refractivity contribution in [2.75, 3.05) is 45.8 Å². The van der Waals surface area contributed by atoms with Crippen LogP contribution in [0.4, 0.5) is 4.79 Å². The number of carbonyl (C=O) groups is 2. The van der Waals surface area contributed by atoms with Crippen LogP contribution in [-0.2, 0) is 17.8 Å². The van der Waals surface area contributed by atoms with E-state index in [1.807, 2.05) is 6.07 Å². The highest BCUT2D eigenvalue weighted by molar-refractivity contribution is 5.75. The second kappa shape index (κ2) is 9.19. The quantitative estimate of drug-likeness (QED) is 0.812. The average molecular weight is 374 g/mol. The number of carbonyl (C=O) groups excluding carboxylic acids is 2. The van der Waals surface area contributed by atoms with Crippen molar-refractivity contribution in [3.63, 3.8) is 0 Å². The number of rotatable bonds is 4. The lowest BCUT2D eigenvalue weighted by atomic mass is 10.00. The Hall–Kier alpha value is -2.12. The molecule has 1 saturated heterocycles. The maximum atomic E-state index is 12.4. The maximum Gasteiger partial charge on any atom is 0.317 e. The molecule has 2 N–H and O–H groups in total. The van der Waals surface area contributed by atoms with Crippen molar-refractivity contribution in [3.05, 3.63) is 35.4 Å². The van der Waals surface area contributed by atoms with Crippen LogP contribution in [-0.4, -0.2) is 83.7 Å². The summed E-state index contributed by atoms with van der Waals surface area (Å²) in [4.78, 5) is 29.6. The molecule has 0 radical (unpaired) electrons. The second-order valence-corrected chi connectivity index (χ2v) is 7.44. The van der Waals surface area contributed by atoms with Gasteiger partial charge in [0.25, 0.3) is 0 Å². The third-order valence-corrected chi connectivity index (χ3v) is 5.40. The van der Waals surface area contributed by atoms with Gasteiger partial charge in [-0.05, 0) is 24.0 Å². The summed E-state index contributed by atoms with van der Waals surface area (Å²) in [6.45, 7) is 6.54. The first-order chi connectivity index (χ1) is 13.0. The van der Waals surface area contributed by atoms with E-state index in [1.165, 1.54) is 11.1 Å². The Morgan fingerprint density at radius 2 is 1.78 bits per heavy atom. The normalized spacial score (nSPS) is 19.2. The molecule has 1 aromatic rings. The molecular formula is C20H30N4O3. The molecule has 1 atom stereocenters. The summed E-state index contributed by atoms with van der Waals surface area (Å²) in [6.07, 6.45) is 1.18.